The molecule has 0 unspecified atom stereocenters. The van der Waals surface area contributed by atoms with Gasteiger partial charge in [0.05, 0.1) is 29.6 Å². The minimum atomic E-state index is -0.157. The Labute approximate surface area is 199 Å². The van der Waals surface area contributed by atoms with Gasteiger partial charge < -0.3 is 25.2 Å². The van der Waals surface area contributed by atoms with Crippen LogP contribution in [0.4, 0.5) is 11.4 Å². The van der Waals surface area contributed by atoms with Gasteiger partial charge in [0.1, 0.15) is 5.69 Å². The van der Waals surface area contributed by atoms with Crippen LogP contribution < -0.4 is 15.5 Å². The summed E-state index contributed by atoms with van der Waals surface area (Å²) in [6, 6.07) is 7.93. The van der Waals surface area contributed by atoms with Gasteiger partial charge in [0, 0.05) is 44.0 Å². The van der Waals surface area contributed by atoms with E-state index in [0.717, 1.165) is 73.5 Å². The molecule has 2 aliphatic rings. The summed E-state index contributed by atoms with van der Waals surface area (Å²) in [6.45, 7) is 7.96. The highest BCUT2D eigenvalue weighted by molar-refractivity contribution is 7.80. The second-order valence-corrected chi connectivity index (χ2v) is 9.41. The number of amides is 1. The van der Waals surface area contributed by atoms with Crippen molar-refractivity contribution in [1.82, 2.24) is 15.2 Å². The number of thiazole rings is 1. The Hall–Kier alpha value is -2.23. The average molecular weight is 474 g/mol. The van der Waals surface area contributed by atoms with Crippen molar-refractivity contribution in [2.75, 3.05) is 56.2 Å². The number of piperidine rings is 1. The summed E-state index contributed by atoms with van der Waals surface area (Å²) in [4.78, 5) is 22.1. The summed E-state index contributed by atoms with van der Waals surface area (Å²) < 4.78 is 5.46. The lowest BCUT2D eigenvalue weighted by atomic mass is 9.98. The molecule has 2 aromatic rings. The maximum atomic E-state index is 12.9. The van der Waals surface area contributed by atoms with E-state index < -0.39 is 0 Å². The number of hydrogen-bond donors (Lipinski definition) is 2. The van der Waals surface area contributed by atoms with E-state index in [0.29, 0.717) is 24.8 Å². The van der Waals surface area contributed by atoms with Crippen LogP contribution >= 0.6 is 23.6 Å². The third kappa shape index (κ3) is 5.57. The molecule has 0 radical (unpaired) electrons. The number of hydrogen-bond acceptors (Lipinski definition) is 6. The van der Waals surface area contributed by atoms with E-state index in [2.05, 4.69) is 27.4 Å². The van der Waals surface area contributed by atoms with Crippen LogP contribution in [0, 0.1) is 0 Å². The molecule has 2 aliphatic heterocycles. The molecule has 0 saturated carbocycles. The number of carbonyl (C=O) groups excluding carboxylic acids is 1. The van der Waals surface area contributed by atoms with E-state index in [9.17, 15) is 4.79 Å². The van der Waals surface area contributed by atoms with Crippen molar-refractivity contribution in [2.45, 2.75) is 32.1 Å². The monoisotopic (exact) mass is 473 g/mol. The van der Waals surface area contributed by atoms with E-state index in [-0.39, 0.29) is 5.91 Å². The lowest BCUT2D eigenvalue weighted by molar-refractivity contribution is 0.102. The van der Waals surface area contributed by atoms with Gasteiger partial charge in [-0.05, 0) is 43.6 Å². The molecule has 4 rings (SSSR count). The minimum Gasteiger partial charge on any atom is -0.378 e. The van der Waals surface area contributed by atoms with Crippen molar-refractivity contribution in [3.63, 3.8) is 0 Å². The average Bonchev–Trinajstić information content (AvgIpc) is 3.34. The Balaban J connectivity index is 1.35. The zero-order valence-corrected chi connectivity index (χ0v) is 20.1. The number of benzene rings is 1. The second-order valence-electron chi connectivity index (χ2n) is 8.13. The molecule has 32 heavy (non-hydrogen) atoms. The first-order valence-electron chi connectivity index (χ1n) is 11.4. The summed E-state index contributed by atoms with van der Waals surface area (Å²) in [5, 5.41) is 10.2. The normalized spacial score (nSPS) is 17.3. The Kier molecular flexibility index (Phi) is 7.94. The number of para-hydroxylation sites is 2. The molecule has 172 valence electrons. The molecular formula is C23H31N5O2S2. The quantitative estimate of drug-likeness (QED) is 0.620. The van der Waals surface area contributed by atoms with Crippen molar-refractivity contribution in [3.8, 4) is 0 Å². The van der Waals surface area contributed by atoms with Crippen molar-refractivity contribution in [2.24, 2.45) is 0 Å². The third-order valence-corrected chi connectivity index (χ3v) is 7.33. The van der Waals surface area contributed by atoms with Crippen LogP contribution in [0.5, 0.6) is 0 Å². The molecule has 2 saturated heterocycles. The Morgan fingerprint density at radius 2 is 1.97 bits per heavy atom. The Morgan fingerprint density at radius 1 is 1.22 bits per heavy atom. The highest BCUT2D eigenvalue weighted by Gasteiger charge is 2.25. The number of nitrogens with zero attached hydrogens (tertiary/aromatic N) is 3. The lowest BCUT2D eigenvalue weighted by Crippen LogP contribution is -2.44. The molecular weight excluding hydrogens is 442 g/mol. The predicted molar refractivity (Wildman–Crippen MR) is 134 cm³/mol. The van der Waals surface area contributed by atoms with Gasteiger partial charge in [0.25, 0.3) is 5.91 Å². The minimum absolute atomic E-state index is 0.157. The largest absolute Gasteiger partial charge is 0.378 e. The molecule has 0 spiro atoms. The zero-order valence-electron chi connectivity index (χ0n) is 18.5. The first-order chi connectivity index (χ1) is 15.7. The number of carbonyl (C=O) groups is 1. The zero-order chi connectivity index (χ0) is 22.3. The number of ether oxygens (including phenoxy) is 1. The second kappa shape index (κ2) is 11.1. The number of rotatable bonds is 6. The molecule has 2 N–H and O–H groups in total. The molecule has 1 aromatic heterocycles. The number of likely N-dealkylation sites (tertiary alicyclic amines) is 1. The number of nitrogens with one attached hydrogen (secondary N) is 2. The molecule has 0 atom stereocenters. The summed E-state index contributed by atoms with van der Waals surface area (Å²) in [7, 11) is 0. The standard InChI is InChI=1S/C23H31N5O2S2/c1-2-9-24-23(31)28-10-7-17(8-11-28)22-26-19(16-32-22)21(29)25-18-5-3-4-6-20(18)27-12-14-30-15-13-27/h3-6,16-17H,2,7-15H2,1H3,(H,24,31)(H,25,29). The Bertz CT molecular complexity index is 921. The SMILES string of the molecule is CCCNC(=S)N1CCC(c2nc(C(=O)Nc3ccccc3N3CCOCC3)cs2)CC1. The van der Waals surface area contributed by atoms with Gasteiger partial charge in [0.2, 0.25) is 0 Å². The van der Waals surface area contributed by atoms with Crippen molar-refractivity contribution in [1.29, 1.82) is 0 Å². The topological polar surface area (TPSA) is 69.7 Å². The fourth-order valence-corrected chi connectivity index (χ4v) is 5.35. The van der Waals surface area contributed by atoms with Crippen LogP contribution in [0.25, 0.3) is 0 Å². The van der Waals surface area contributed by atoms with E-state index in [4.69, 9.17) is 21.9 Å². The molecule has 0 aliphatic carbocycles. The van der Waals surface area contributed by atoms with Gasteiger partial charge in [0.15, 0.2) is 5.11 Å². The van der Waals surface area contributed by atoms with Crippen LogP contribution in [0.3, 0.4) is 0 Å². The van der Waals surface area contributed by atoms with Gasteiger partial charge >= 0.3 is 0 Å². The highest BCUT2D eigenvalue weighted by Crippen LogP contribution is 2.31. The van der Waals surface area contributed by atoms with E-state index in [1.807, 2.05) is 29.6 Å². The van der Waals surface area contributed by atoms with Crippen LogP contribution in [0.15, 0.2) is 29.6 Å². The molecule has 9 heteroatoms. The summed E-state index contributed by atoms with van der Waals surface area (Å²) >= 11 is 7.08. The van der Waals surface area contributed by atoms with Crippen molar-refractivity contribution >= 4 is 45.9 Å². The summed E-state index contributed by atoms with van der Waals surface area (Å²) in [6.07, 6.45) is 3.07. The molecule has 1 amide bonds. The summed E-state index contributed by atoms with van der Waals surface area (Å²) in [5.74, 6) is 0.225. The van der Waals surface area contributed by atoms with Gasteiger partial charge in [-0.2, -0.15) is 0 Å². The Morgan fingerprint density at radius 3 is 2.72 bits per heavy atom. The lowest BCUT2D eigenvalue weighted by Gasteiger charge is -2.33. The van der Waals surface area contributed by atoms with Gasteiger partial charge in [-0.25, -0.2) is 4.98 Å². The van der Waals surface area contributed by atoms with E-state index >= 15 is 0 Å². The van der Waals surface area contributed by atoms with Gasteiger partial charge in [-0.15, -0.1) is 11.3 Å². The van der Waals surface area contributed by atoms with Crippen molar-refractivity contribution < 1.29 is 9.53 Å². The van der Waals surface area contributed by atoms with E-state index in [1.165, 1.54) is 0 Å². The van der Waals surface area contributed by atoms with Gasteiger partial charge in [-0.1, -0.05) is 19.1 Å². The molecule has 3 heterocycles. The number of thiocarbonyl (C=S) groups is 1. The first kappa shape index (κ1) is 22.9. The third-order valence-electron chi connectivity index (χ3n) is 5.92. The number of anilines is 2. The van der Waals surface area contributed by atoms with Crippen LogP contribution in [0.2, 0.25) is 0 Å². The van der Waals surface area contributed by atoms with Crippen LogP contribution in [0.1, 0.15) is 47.6 Å². The van der Waals surface area contributed by atoms with Crippen LogP contribution in [-0.4, -0.2) is 66.8 Å². The number of aromatic nitrogens is 1. The smallest absolute Gasteiger partial charge is 0.275 e. The maximum Gasteiger partial charge on any atom is 0.275 e. The first-order valence-corrected chi connectivity index (χ1v) is 12.7. The molecule has 1 aromatic carbocycles. The van der Waals surface area contributed by atoms with Crippen molar-refractivity contribution in [3.05, 3.63) is 40.3 Å². The fourth-order valence-electron chi connectivity index (χ4n) is 4.10. The molecule has 7 nitrogen and oxygen atoms in total. The molecule has 0 bridgehead atoms. The predicted octanol–water partition coefficient (Wildman–Crippen LogP) is 3.70. The summed E-state index contributed by atoms with van der Waals surface area (Å²) in [5.41, 5.74) is 2.33. The van der Waals surface area contributed by atoms with E-state index in [1.54, 1.807) is 11.3 Å². The van der Waals surface area contributed by atoms with Crippen LogP contribution in [-0.2, 0) is 4.74 Å². The fraction of sp³-hybridized carbons (Fsp3) is 0.522. The number of morpholine rings is 1. The maximum absolute atomic E-state index is 12.9. The van der Waals surface area contributed by atoms with Gasteiger partial charge in [-0.3, -0.25) is 4.79 Å². The highest BCUT2D eigenvalue weighted by atomic mass is 32.1. The molecule has 2 fully saturated rings.